The van der Waals surface area contributed by atoms with Crippen LogP contribution in [0.4, 0.5) is 0 Å². The predicted molar refractivity (Wildman–Crippen MR) is 81.0 cm³/mol. The fourth-order valence-electron chi connectivity index (χ4n) is 2.69. The fraction of sp³-hybridized carbons (Fsp3) is 0.333. The number of aromatic nitrogens is 1. The van der Waals surface area contributed by atoms with E-state index in [1.165, 1.54) is 0 Å². The lowest BCUT2D eigenvalue weighted by molar-refractivity contribution is -0.122. The minimum Gasteiger partial charge on any atom is -0.444 e. The SMILES string of the molecule is NC(=O)[C@H]1C[C@@H](O)CN1Cc1coc(-c2cccc(Cl)c2)n1. The quantitative estimate of drug-likeness (QED) is 0.888. The van der Waals surface area contributed by atoms with Crippen molar-refractivity contribution in [3.8, 4) is 11.5 Å². The number of aliphatic hydroxyl groups is 1. The Balaban J connectivity index is 1.76. The van der Waals surface area contributed by atoms with Gasteiger partial charge in [0.25, 0.3) is 0 Å². The summed E-state index contributed by atoms with van der Waals surface area (Å²) in [5.41, 5.74) is 6.83. The second-order valence-electron chi connectivity index (χ2n) is 5.39. The van der Waals surface area contributed by atoms with E-state index in [9.17, 15) is 9.90 Å². The number of likely N-dealkylation sites (tertiary alicyclic amines) is 1. The van der Waals surface area contributed by atoms with Gasteiger partial charge in [-0.3, -0.25) is 9.69 Å². The standard InChI is InChI=1S/C15H16ClN3O3/c16-10-3-1-2-9(4-10)15-18-11(8-22-15)6-19-7-12(20)5-13(19)14(17)21/h1-4,8,12-13,20H,5-7H2,(H2,17,21)/t12-,13-/m1/s1. The van der Waals surface area contributed by atoms with Crippen molar-refractivity contribution in [3.05, 3.63) is 41.2 Å². The number of rotatable bonds is 4. The summed E-state index contributed by atoms with van der Waals surface area (Å²) in [5.74, 6) is 0.0305. The maximum atomic E-state index is 11.4. The van der Waals surface area contributed by atoms with E-state index in [1.54, 1.807) is 18.4 Å². The van der Waals surface area contributed by atoms with E-state index in [1.807, 2.05) is 17.0 Å². The second-order valence-corrected chi connectivity index (χ2v) is 5.83. The molecule has 7 heteroatoms. The molecule has 6 nitrogen and oxygen atoms in total. The number of benzene rings is 1. The van der Waals surface area contributed by atoms with Crippen molar-refractivity contribution in [2.45, 2.75) is 25.1 Å². The molecule has 1 aliphatic rings. The van der Waals surface area contributed by atoms with Gasteiger partial charge in [0.15, 0.2) is 0 Å². The van der Waals surface area contributed by atoms with Crippen LogP contribution in [-0.4, -0.2) is 39.6 Å². The topological polar surface area (TPSA) is 92.6 Å². The first-order valence-corrected chi connectivity index (χ1v) is 7.32. The highest BCUT2D eigenvalue weighted by Gasteiger charge is 2.35. The van der Waals surface area contributed by atoms with Crippen LogP contribution < -0.4 is 5.73 Å². The van der Waals surface area contributed by atoms with E-state index in [0.29, 0.717) is 36.1 Å². The number of oxazole rings is 1. The Bertz CT molecular complexity index is 688. The number of carbonyl (C=O) groups excluding carboxylic acids is 1. The molecule has 1 aromatic carbocycles. The summed E-state index contributed by atoms with van der Waals surface area (Å²) in [6, 6.07) is 6.75. The van der Waals surface area contributed by atoms with E-state index in [2.05, 4.69) is 4.98 Å². The molecule has 2 atom stereocenters. The van der Waals surface area contributed by atoms with Crippen LogP contribution in [0.25, 0.3) is 11.5 Å². The molecule has 1 fully saturated rings. The smallest absolute Gasteiger partial charge is 0.234 e. The van der Waals surface area contributed by atoms with Crippen LogP contribution in [0.2, 0.25) is 5.02 Å². The van der Waals surface area contributed by atoms with Crippen LogP contribution >= 0.6 is 11.6 Å². The van der Waals surface area contributed by atoms with Gasteiger partial charge in [0.1, 0.15) is 6.26 Å². The molecule has 0 radical (unpaired) electrons. The van der Waals surface area contributed by atoms with Crippen molar-refractivity contribution in [2.75, 3.05) is 6.54 Å². The van der Waals surface area contributed by atoms with Crippen molar-refractivity contribution < 1.29 is 14.3 Å². The Morgan fingerprint density at radius 2 is 2.36 bits per heavy atom. The van der Waals surface area contributed by atoms with Crippen molar-refractivity contribution in [2.24, 2.45) is 5.73 Å². The Kier molecular flexibility index (Phi) is 4.15. The average Bonchev–Trinajstić information content (AvgIpc) is 3.06. The predicted octanol–water partition coefficient (Wildman–Crippen LogP) is 1.42. The number of nitrogens with two attached hydrogens (primary N) is 1. The number of nitrogens with zero attached hydrogens (tertiary/aromatic N) is 2. The molecule has 22 heavy (non-hydrogen) atoms. The Labute approximate surface area is 132 Å². The summed E-state index contributed by atoms with van der Waals surface area (Å²) in [5, 5.41) is 10.3. The number of amides is 1. The molecule has 116 valence electrons. The van der Waals surface area contributed by atoms with Crippen LogP contribution in [0.15, 0.2) is 34.9 Å². The van der Waals surface area contributed by atoms with Gasteiger partial charge in [-0.1, -0.05) is 17.7 Å². The number of carbonyl (C=O) groups is 1. The summed E-state index contributed by atoms with van der Waals surface area (Å²) >= 11 is 5.95. The number of halogens is 1. The molecule has 0 unspecified atom stereocenters. The monoisotopic (exact) mass is 321 g/mol. The molecule has 3 N–H and O–H groups in total. The van der Waals surface area contributed by atoms with E-state index in [0.717, 1.165) is 5.56 Å². The molecule has 3 rings (SSSR count). The Morgan fingerprint density at radius 1 is 1.55 bits per heavy atom. The molecule has 0 bridgehead atoms. The molecule has 0 saturated carbocycles. The zero-order chi connectivity index (χ0) is 15.7. The maximum Gasteiger partial charge on any atom is 0.234 e. The highest BCUT2D eigenvalue weighted by atomic mass is 35.5. The third kappa shape index (κ3) is 3.14. The maximum absolute atomic E-state index is 11.4. The zero-order valence-corrected chi connectivity index (χ0v) is 12.5. The van der Waals surface area contributed by atoms with Gasteiger partial charge in [0.2, 0.25) is 11.8 Å². The van der Waals surface area contributed by atoms with E-state index in [-0.39, 0.29) is 0 Å². The normalized spacial score (nSPS) is 22.1. The molecular weight excluding hydrogens is 306 g/mol. The van der Waals surface area contributed by atoms with Crippen molar-refractivity contribution in [1.82, 2.24) is 9.88 Å². The lowest BCUT2D eigenvalue weighted by atomic mass is 10.2. The minimum absolute atomic E-state index is 0.355. The van der Waals surface area contributed by atoms with Gasteiger partial charge in [0.05, 0.1) is 17.8 Å². The van der Waals surface area contributed by atoms with Crippen LogP contribution in [0, 0.1) is 0 Å². The minimum atomic E-state index is -0.545. The fourth-order valence-corrected chi connectivity index (χ4v) is 2.88. The third-order valence-electron chi connectivity index (χ3n) is 3.70. The summed E-state index contributed by atoms with van der Waals surface area (Å²) in [6.45, 7) is 0.793. The second kappa shape index (κ2) is 6.08. The highest BCUT2D eigenvalue weighted by Crippen LogP contribution is 2.24. The molecular formula is C15H16ClN3O3. The van der Waals surface area contributed by atoms with Gasteiger partial charge >= 0.3 is 0 Å². The number of β-amino-alcohol motifs (C(OH)–C–C–N with tert-alkyl or cyclic N) is 1. The van der Waals surface area contributed by atoms with Crippen molar-refractivity contribution >= 4 is 17.5 Å². The lowest BCUT2D eigenvalue weighted by Crippen LogP contribution is -2.39. The average molecular weight is 322 g/mol. The number of hydrogen-bond donors (Lipinski definition) is 2. The van der Waals surface area contributed by atoms with Gasteiger partial charge in [-0.2, -0.15) is 0 Å². The van der Waals surface area contributed by atoms with Gasteiger partial charge in [0, 0.05) is 23.7 Å². The van der Waals surface area contributed by atoms with Crippen LogP contribution in [0.5, 0.6) is 0 Å². The molecule has 0 aliphatic carbocycles. The van der Waals surface area contributed by atoms with Crippen molar-refractivity contribution in [1.29, 1.82) is 0 Å². The van der Waals surface area contributed by atoms with Gasteiger partial charge < -0.3 is 15.3 Å². The van der Waals surface area contributed by atoms with Crippen molar-refractivity contribution in [3.63, 3.8) is 0 Å². The summed E-state index contributed by atoms with van der Waals surface area (Å²) in [4.78, 5) is 17.6. The Morgan fingerprint density at radius 3 is 3.09 bits per heavy atom. The van der Waals surface area contributed by atoms with E-state index in [4.69, 9.17) is 21.8 Å². The summed E-state index contributed by atoms with van der Waals surface area (Å²) < 4.78 is 5.46. The molecule has 1 amide bonds. The molecule has 1 aliphatic heterocycles. The molecule has 2 aromatic rings. The van der Waals surface area contributed by atoms with Gasteiger partial charge in [-0.25, -0.2) is 4.98 Å². The highest BCUT2D eigenvalue weighted by molar-refractivity contribution is 6.30. The largest absolute Gasteiger partial charge is 0.444 e. The Hall–Kier alpha value is -1.89. The van der Waals surface area contributed by atoms with Gasteiger partial charge in [-0.15, -0.1) is 0 Å². The first-order valence-electron chi connectivity index (χ1n) is 6.94. The lowest BCUT2D eigenvalue weighted by Gasteiger charge is -2.19. The zero-order valence-electron chi connectivity index (χ0n) is 11.8. The summed E-state index contributed by atoms with van der Waals surface area (Å²) in [6.07, 6.45) is 1.35. The number of primary amides is 1. The molecule has 1 aromatic heterocycles. The van der Waals surface area contributed by atoms with Crippen LogP contribution in [0.1, 0.15) is 12.1 Å². The molecule has 0 spiro atoms. The number of hydrogen-bond acceptors (Lipinski definition) is 5. The van der Waals surface area contributed by atoms with Gasteiger partial charge in [-0.05, 0) is 24.6 Å². The first kappa shape index (κ1) is 15.0. The van der Waals surface area contributed by atoms with E-state index >= 15 is 0 Å². The van der Waals surface area contributed by atoms with Crippen LogP contribution in [0.3, 0.4) is 0 Å². The third-order valence-corrected chi connectivity index (χ3v) is 3.93. The molecule has 2 heterocycles. The van der Waals surface area contributed by atoms with Crippen LogP contribution in [-0.2, 0) is 11.3 Å². The number of aliphatic hydroxyl groups excluding tert-OH is 1. The molecule has 1 saturated heterocycles. The first-order chi connectivity index (χ1) is 10.5. The summed E-state index contributed by atoms with van der Waals surface area (Å²) in [7, 11) is 0. The van der Waals surface area contributed by atoms with E-state index < -0.39 is 18.1 Å².